The lowest BCUT2D eigenvalue weighted by Gasteiger charge is -2.12. The number of fused-ring (bicyclic) bond motifs is 1. The van der Waals surface area contributed by atoms with Gasteiger partial charge in [-0.3, -0.25) is 9.59 Å². The third-order valence-electron chi connectivity index (χ3n) is 5.16. The molecule has 2 aromatic carbocycles. The van der Waals surface area contributed by atoms with Gasteiger partial charge in [-0.05, 0) is 51.8 Å². The monoisotopic (exact) mass is 534 g/mol. The Hall–Kier alpha value is -3.82. The molecule has 0 saturated heterocycles. The second kappa shape index (κ2) is 9.20. The van der Waals surface area contributed by atoms with Crippen LogP contribution in [0.3, 0.4) is 0 Å². The maximum Gasteiger partial charge on any atom is 0.280 e. The minimum atomic E-state index is -0.437. The molecule has 0 aliphatic carbocycles. The first-order valence-electron chi connectivity index (χ1n) is 10.2. The number of anilines is 1. The zero-order valence-electron chi connectivity index (χ0n) is 17.5. The standard InChI is InChI=1S/C24H16BrClN6O2/c25-21-12-20(32(30-21)22-18(26)7-4-10-27-22)24(34)29-16-8-9-19-17(11-16)23(33)28-14-31(19)13-15-5-2-1-3-6-15/h1-12,14H,13H2,(H,29,34). The molecule has 5 rings (SSSR count). The molecule has 0 saturated carbocycles. The van der Waals surface area contributed by atoms with Gasteiger partial charge in [-0.1, -0.05) is 41.9 Å². The number of hydrogen-bond acceptors (Lipinski definition) is 5. The zero-order chi connectivity index (χ0) is 23.7. The van der Waals surface area contributed by atoms with Gasteiger partial charge in [0.25, 0.3) is 11.5 Å². The second-order valence-corrected chi connectivity index (χ2v) is 8.64. The van der Waals surface area contributed by atoms with E-state index < -0.39 is 5.91 Å². The quantitative estimate of drug-likeness (QED) is 0.352. The molecule has 0 spiro atoms. The molecule has 1 N–H and O–H groups in total. The largest absolute Gasteiger partial charge is 0.327 e. The molecule has 0 radical (unpaired) electrons. The van der Waals surface area contributed by atoms with Crippen molar-refractivity contribution in [2.45, 2.75) is 6.54 Å². The highest BCUT2D eigenvalue weighted by molar-refractivity contribution is 9.10. The zero-order valence-corrected chi connectivity index (χ0v) is 19.9. The normalized spacial score (nSPS) is 11.0. The number of aromatic nitrogens is 5. The summed E-state index contributed by atoms with van der Waals surface area (Å²) in [5.41, 5.74) is 2.10. The molecule has 3 heterocycles. The summed E-state index contributed by atoms with van der Waals surface area (Å²) in [6, 6.07) is 20.0. The van der Waals surface area contributed by atoms with E-state index in [1.807, 2.05) is 34.9 Å². The van der Waals surface area contributed by atoms with Crippen LogP contribution in [0.4, 0.5) is 5.69 Å². The van der Waals surface area contributed by atoms with Gasteiger partial charge >= 0.3 is 0 Å². The number of amides is 1. The highest BCUT2D eigenvalue weighted by Crippen LogP contribution is 2.23. The molecule has 5 aromatic rings. The molecule has 0 fully saturated rings. The van der Waals surface area contributed by atoms with E-state index in [9.17, 15) is 9.59 Å². The van der Waals surface area contributed by atoms with Crippen molar-refractivity contribution in [2.75, 3.05) is 5.32 Å². The topological polar surface area (TPSA) is 94.7 Å². The first-order chi connectivity index (χ1) is 16.5. The van der Waals surface area contributed by atoms with Crippen LogP contribution in [0.25, 0.3) is 16.7 Å². The Kier molecular flexibility index (Phi) is 5.95. The number of nitrogens with one attached hydrogen (secondary N) is 1. The van der Waals surface area contributed by atoms with Crippen LogP contribution in [0.15, 0.2) is 88.7 Å². The van der Waals surface area contributed by atoms with E-state index in [1.54, 1.807) is 42.6 Å². The third-order valence-corrected chi connectivity index (χ3v) is 5.84. The van der Waals surface area contributed by atoms with Crippen molar-refractivity contribution in [2.24, 2.45) is 0 Å². The predicted molar refractivity (Wildman–Crippen MR) is 134 cm³/mol. The lowest BCUT2D eigenvalue weighted by Crippen LogP contribution is -2.18. The molecule has 0 aliphatic rings. The number of benzene rings is 2. The molecule has 34 heavy (non-hydrogen) atoms. The lowest BCUT2D eigenvalue weighted by molar-refractivity contribution is 0.101. The highest BCUT2D eigenvalue weighted by Gasteiger charge is 2.19. The van der Waals surface area contributed by atoms with Crippen LogP contribution >= 0.6 is 27.5 Å². The van der Waals surface area contributed by atoms with E-state index in [1.165, 1.54) is 11.0 Å². The van der Waals surface area contributed by atoms with Crippen LogP contribution in [-0.4, -0.2) is 30.2 Å². The Labute approximate surface area is 207 Å². The number of nitrogens with zero attached hydrogens (tertiary/aromatic N) is 5. The Bertz CT molecular complexity index is 1580. The van der Waals surface area contributed by atoms with Gasteiger partial charge in [0.05, 0.1) is 22.3 Å². The average molecular weight is 536 g/mol. The highest BCUT2D eigenvalue weighted by atomic mass is 79.9. The van der Waals surface area contributed by atoms with Crippen molar-refractivity contribution < 1.29 is 4.79 Å². The maximum absolute atomic E-state index is 13.1. The number of pyridine rings is 1. The molecular weight excluding hydrogens is 520 g/mol. The summed E-state index contributed by atoms with van der Waals surface area (Å²) in [5, 5.41) is 7.86. The van der Waals surface area contributed by atoms with E-state index in [0.717, 1.165) is 11.1 Å². The average Bonchev–Trinajstić information content (AvgIpc) is 3.23. The molecule has 8 nitrogen and oxygen atoms in total. The van der Waals surface area contributed by atoms with Crippen molar-refractivity contribution in [3.63, 3.8) is 0 Å². The molecule has 0 bridgehead atoms. The SMILES string of the molecule is O=C(Nc1ccc2c(c1)c(=O)ncn2Cc1ccccc1)c1cc(Br)nn1-c1ncccc1Cl. The number of hydrogen-bond donors (Lipinski definition) is 1. The van der Waals surface area contributed by atoms with Gasteiger partial charge in [0.1, 0.15) is 10.3 Å². The summed E-state index contributed by atoms with van der Waals surface area (Å²) < 4.78 is 3.70. The molecule has 0 aliphatic heterocycles. The van der Waals surface area contributed by atoms with Gasteiger partial charge in [0.2, 0.25) is 0 Å². The first-order valence-corrected chi connectivity index (χ1v) is 11.4. The summed E-state index contributed by atoms with van der Waals surface area (Å²) in [7, 11) is 0. The van der Waals surface area contributed by atoms with Crippen molar-refractivity contribution >= 4 is 50.0 Å². The third kappa shape index (κ3) is 4.35. The van der Waals surface area contributed by atoms with Gasteiger partial charge in [-0.2, -0.15) is 10.1 Å². The Morgan fingerprint density at radius 1 is 1.03 bits per heavy atom. The molecule has 0 unspecified atom stereocenters. The van der Waals surface area contributed by atoms with E-state index in [0.29, 0.717) is 33.1 Å². The van der Waals surface area contributed by atoms with E-state index in [-0.39, 0.29) is 11.3 Å². The molecular formula is C24H16BrClN6O2. The van der Waals surface area contributed by atoms with Crippen molar-refractivity contribution in [3.05, 3.63) is 110 Å². The molecule has 1 amide bonds. The summed E-state index contributed by atoms with van der Waals surface area (Å²) in [6.07, 6.45) is 3.10. The maximum atomic E-state index is 13.1. The summed E-state index contributed by atoms with van der Waals surface area (Å²) in [6.45, 7) is 0.564. The number of halogens is 2. The smallest absolute Gasteiger partial charge is 0.280 e. The molecule has 0 atom stereocenters. The molecule has 3 aromatic heterocycles. The van der Waals surface area contributed by atoms with Crippen molar-refractivity contribution in [3.8, 4) is 5.82 Å². The van der Waals surface area contributed by atoms with Gasteiger partial charge in [0.15, 0.2) is 5.82 Å². The van der Waals surface area contributed by atoms with Crippen LogP contribution in [0, 0.1) is 0 Å². The van der Waals surface area contributed by atoms with E-state index in [4.69, 9.17) is 11.6 Å². The number of rotatable bonds is 5. The second-order valence-electron chi connectivity index (χ2n) is 7.42. The summed E-state index contributed by atoms with van der Waals surface area (Å²) in [4.78, 5) is 33.8. The van der Waals surface area contributed by atoms with Crippen molar-refractivity contribution in [1.29, 1.82) is 0 Å². The van der Waals surface area contributed by atoms with Gasteiger partial charge in [0, 0.05) is 24.5 Å². The number of carbonyl (C=O) groups excluding carboxylic acids is 1. The fourth-order valence-electron chi connectivity index (χ4n) is 3.60. The van der Waals surface area contributed by atoms with Gasteiger partial charge in [-0.25, -0.2) is 9.67 Å². The summed E-state index contributed by atoms with van der Waals surface area (Å²) >= 11 is 9.55. The minimum Gasteiger partial charge on any atom is -0.327 e. The fourth-order valence-corrected chi connectivity index (χ4v) is 4.18. The molecule has 10 heteroatoms. The Morgan fingerprint density at radius 3 is 2.65 bits per heavy atom. The van der Waals surface area contributed by atoms with Gasteiger partial charge in [-0.15, -0.1) is 0 Å². The van der Waals surface area contributed by atoms with E-state index in [2.05, 4.69) is 36.3 Å². The van der Waals surface area contributed by atoms with E-state index >= 15 is 0 Å². The van der Waals surface area contributed by atoms with Crippen LogP contribution in [-0.2, 0) is 6.54 Å². The Balaban J connectivity index is 1.47. The summed E-state index contributed by atoms with van der Waals surface area (Å²) in [5.74, 6) is -0.112. The van der Waals surface area contributed by atoms with Gasteiger partial charge < -0.3 is 9.88 Å². The minimum absolute atomic E-state index is 0.222. The lowest BCUT2D eigenvalue weighted by atomic mass is 10.2. The van der Waals surface area contributed by atoms with Crippen LogP contribution in [0.1, 0.15) is 16.1 Å². The fraction of sp³-hybridized carbons (Fsp3) is 0.0417. The Morgan fingerprint density at radius 2 is 1.85 bits per heavy atom. The number of carbonyl (C=O) groups is 1. The van der Waals surface area contributed by atoms with Crippen molar-refractivity contribution in [1.82, 2.24) is 24.3 Å². The molecule has 168 valence electrons. The van der Waals surface area contributed by atoms with Crippen LogP contribution in [0.2, 0.25) is 5.02 Å². The predicted octanol–water partition coefficient (Wildman–Crippen LogP) is 4.69. The van der Waals surface area contributed by atoms with Crippen LogP contribution in [0.5, 0.6) is 0 Å². The first kappa shape index (κ1) is 22.0. The van der Waals surface area contributed by atoms with Crippen LogP contribution < -0.4 is 10.9 Å².